The molecule has 1 heterocycles. The SMILES string of the molecule is NC(=O)C1CCCN(CC(=O)Nc2cc(N)ccc2F)C1. The molecule has 7 heteroatoms. The van der Waals surface area contributed by atoms with Gasteiger partial charge >= 0.3 is 0 Å². The highest BCUT2D eigenvalue weighted by Crippen LogP contribution is 2.18. The van der Waals surface area contributed by atoms with E-state index in [1.54, 1.807) is 0 Å². The standard InChI is InChI=1S/C14H19FN4O2/c15-11-4-3-10(16)6-12(11)18-13(20)8-19-5-1-2-9(7-19)14(17)21/h3-4,6,9H,1-2,5,7-8,16H2,(H2,17,21)(H,18,20). The van der Waals surface area contributed by atoms with Crippen LogP contribution < -0.4 is 16.8 Å². The summed E-state index contributed by atoms with van der Waals surface area (Å²) in [6, 6.07) is 4.00. The third-order valence-electron chi connectivity index (χ3n) is 3.54. The molecule has 1 fully saturated rings. The van der Waals surface area contributed by atoms with Gasteiger partial charge in [0.25, 0.3) is 0 Å². The number of rotatable bonds is 4. The lowest BCUT2D eigenvalue weighted by molar-refractivity contribution is -0.125. The molecule has 1 saturated heterocycles. The molecule has 0 aliphatic carbocycles. The molecule has 0 aromatic heterocycles. The van der Waals surface area contributed by atoms with Gasteiger partial charge in [-0.25, -0.2) is 4.39 Å². The fourth-order valence-electron chi connectivity index (χ4n) is 2.46. The lowest BCUT2D eigenvalue weighted by atomic mass is 9.97. The Morgan fingerprint density at radius 3 is 2.90 bits per heavy atom. The van der Waals surface area contributed by atoms with Crippen LogP contribution in [0.5, 0.6) is 0 Å². The predicted molar refractivity (Wildman–Crippen MR) is 77.8 cm³/mol. The van der Waals surface area contributed by atoms with E-state index >= 15 is 0 Å². The summed E-state index contributed by atoms with van der Waals surface area (Å²) in [5, 5.41) is 2.49. The van der Waals surface area contributed by atoms with Gasteiger partial charge in [0.15, 0.2) is 0 Å². The van der Waals surface area contributed by atoms with Crippen LogP contribution in [0.3, 0.4) is 0 Å². The number of halogens is 1. The molecule has 114 valence electrons. The van der Waals surface area contributed by atoms with Crippen molar-refractivity contribution >= 4 is 23.2 Å². The largest absolute Gasteiger partial charge is 0.399 e. The first kappa shape index (κ1) is 15.2. The van der Waals surface area contributed by atoms with Crippen molar-refractivity contribution in [2.45, 2.75) is 12.8 Å². The fraction of sp³-hybridized carbons (Fsp3) is 0.429. The summed E-state index contributed by atoms with van der Waals surface area (Å²) in [6.45, 7) is 1.27. The van der Waals surface area contributed by atoms with Crippen molar-refractivity contribution in [3.05, 3.63) is 24.0 Å². The van der Waals surface area contributed by atoms with Crippen LogP contribution in [0.1, 0.15) is 12.8 Å². The summed E-state index contributed by atoms with van der Waals surface area (Å²) in [5.74, 6) is -1.45. The highest BCUT2D eigenvalue weighted by Gasteiger charge is 2.25. The van der Waals surface area contributed by atoms with Gasteiger partial charge in [-0.2, -0.15) is 0 Å². The van der Waals surface area contributed by atoms with Crippen LogP contribution in [-0.4, -0.2) is 36.3 Å². The molecular weight excluding hydrogens is 275 g/mol. The number of amides is 2. The van der Waals surface area contributed by atoms with E-state index in [-0.39, 0.29) is 30.0 Å². The molecule has 6 nitrogen and oxygen atoms in total. The van der Waals surface area contributed by atoms with Gasteiger partial charge < -0.3 is 16.8 Å². The van der Waals surface area contributed by atoms with Gasteiger partial charge in [-0.1, -0.05) is 0 Å². The molecule has 2 amide bonds. The van der Waals surface area contributed by atoms with Crippen LogP contribution >= 0.6 is 0 Å². The number of carbonyl (C=O) groups is 2. The number of nitrogen functional groups attached to an aromatic ring is 1. The van der Waals surface area contributed by atoms with Crippen LogP contribution in [0, 0.1) is 11.7 Å². The number of hydrogen-bond acceptors (Lipinski definition) is 4. The number of likely N-dealkylation sites (tertiary alicyclic amines) is 1. The first-order chi connectivity index (χ1) is 9.95. The second-order valence-electron chi connectivity index (χ2n) is 5.26. The van der Waals surface area contributed by atoms with Crippen molar-refractivity contribution in [2.24, 2.45) is 11.7 Å². The van der Waals surface area contributed by atoms with Crippen molar-refractivity contribution in [1.29, 1.82) is 0 Å². The maximum atomic E-state index is 13.5. The second-order valence-corrected chi connectivity index (χ2v) is 5.26. The lowest BCUT2D eigenvalue weighted by Crippen LogP contribution is -2.44. The number of benzene rings is 1. The van der Waals surface area contributed by atoms with Gasteiger partial charge in [-0.3, -0.25) is 14.5 Å². The average Bonchev–Trinajstić information content (AvgIpc) is 2.43. The number of nitrogens with one attached hydrogen (secondary N) is 1. The summed E-state index contributed by atoms with van der Waals surface area (Å²) in [4.78, 5) is 25.0. The minimum atomic E-state index is -0.536. The van der Waals surface area contributed by atoms with E-state index in [1.807, 2.05) is 4.90 Å². The van der Waals surface area contributed by atoms with Gasteiger partial charge in [-0.15, -0.1) is 0 Å². The number of nitrogens with two attached hydrogens (primary N) is 2. The van der Waals surface area contributed by atoms with E-state index in [1.165, 1.54) is 18.2 Å². The molecule has 1 aromatic rings. The summed E-state index contributed by atoms with van der Waals surface area (Å²) in [5.41, 5.74) is 11.3. The van der Waals surface area contributed by atoms with Crippen LogP contribution in [0.25, 0.3) is 0 Å². The van der Waals surface area contributed by atoms with Crippen LogP contribution in [0.2, 0.25) is 0 Å². The zero-order valence-corrected chi connectivity index (χ0v) is 11.6. The third-order valence-corrected chi connectivity index (χ3v) is 3.54. The van der Waals surface area contributed by atoms with E-state index in [2.05, 4.69) is 5.32 Å². The van der Waals surface area contributed by atoms with Crippen LogP contribution in [-0.2, 0) is 9.59 Å². The van der Waals surface area contributed by atoms with Crippen molar-refractivity contribution in [3.63, 3.8) is 0 Å². The monoisotopic (exact) mass is 294 g/mol. The third kappa shape index (κ3) is 4.16. The zero-order chi connectivity index (χ0) is 15.4. The molecule has 1 aliphatic rings. The molecule has 0 saturated carbocycles. The first-order valence-electron chi connectivity index (χ1n) is 6.82. The molecule has 21 heavy (non-hydrogen) atoms. The number of carbonyl (C=O) groups excluding carboxylic acids is 2. The summed E-state index contributed by atoms with van der Waals surface area (Å²) in [6.07, 6.45) is 1.56. The highest BCUT2D eigenvalue weighted by atomic mass is 19.1. The fourth-order valence-corrected chi connectivity index (χ4v) is 2.46. The average molecular weight is 294 g/mol. The Bertz CT molecular complexity index is 550. The quantitative estimate of drug-likeness (QED) is 0.705. The van der Waals surface area contributed by atoms with Crippen molar-refractivity contribution in [2.75, 3.05) is 30.7 Å². The Balaban J connectivity index is 1.92. The van der Waals surface area contributed by atoms with Crippen molar-refractivity contribution < 1.29 is 14.0 Å². The molecule has 1 aliphatic heterocycles. The maximum Gasteiger partial charge on any atom is 0.238 e. The van der Waals surface area contributed by atoms with E-state index in [0.717, 1.165) is 19.4 Å². The number of primary amides is 1. The van der Waals surface area contributed by atoms with Gasteiger partial charge in [0.2, 0.25) is 11.8 Å². The van der Waals surface area contributed by atoms with Gasteiger partial charge in [0, 0.05) is 12.2 Å². The van der Waals surface area contributed by atoms with E-state index in [4.69, 9.17) is 11.5 Å². The maximum absolute atomic E-state index is 13.5. The first-order valence-corrected chi connectivity index (χ1v) is 6.82. The Morgan fingerprint density at radius 1 is 1.43 bits per heavy atom. The summed E-state index contributed by atoms with van der Waals surface area (Å²) < 4.78 is 13.5. The summed E-state index contributed by atoms with van der Waals surface area (Å²) >= 11 is 0. The Labute approximate surface area is 122 Å². The van der Waals surface area contributed by atoms with Crippen molar-refractivity contribution in [3.8, 4) is 0 Å². The molecule has 2 rings (SSSR count). The Kier molecular flexibility index (Phi) is 4.74. The van der Waals surface area contributed by atoms with E-state index < -0.39 is 5.82 Å². The molecule has 1 atom stereocenters. The predicted octanol–water partition coefficient (Wildman–Crippen LogP) is 0.544. The molecule has 1 unspecified atom stereocenters. The second kappa shape index (κ2) is 6.53. The smallest absolute Gasteiger partial charge is 0.238 e. The normalized spacial score (nSPS) is 19.2. The minimum Gasteiger partial charge on any atom is -0.399 e. The lowest BCUT2D eigenvalue weighted by Gasteiger charge is -2.30. The molecule has 5 N–H and O–H groups in total. The topological polar surface area (TPSA) is 101 Å². The number of hydrogen-bond donors (Lipinski definition) is 3. The van der Waals surface area contributed by atoms with E-state index in [9.17, 15) is 14.0 Å². The molecule has 0 spiro atoms. The molecule has 0 radical (unpaired) electrons. The molecule has 0 bridgehead atoms. The van der Waals surface area contributed by atoms with Gasteiger partial charge in [0.05, 0.1) is 18.2 Å². The number of nitrogens with zero attached hydrogens (tertiary/aromatic N) is 1. The molecule has 1 aromatic carbocycles. The minimum absolute atomic E-state index is 0.0588. The highest BCUT2D eigenvalue weighted by molar-refractivity contribution is 5.92. The molecular formula is C14H19FN4O2. The van der Waals surface area contributed by atoms with Gasteiger partial charge in [-0.05, 0) is 37.6 Å². The number of piperidine rings is 1. The van der Waals surface area contributed by atoms with E-state index in [0.29, 0.717) is 12.2 Å². The summed E-state index contributed by atoms with van der Waals surface area (Å²) in [7, 11) is 0. The Morgan fingerprint density at radius 2 is 2.19 bits per heavy atom. The number of anilines is 2. The van der Waals surface area contributed by atoms with Crippen LogP contribution in [0.4, 0.5) is 15.8 Å². The van der Waals surface area contributed by atoms with Crippen LogP contribution in [0.15, 0.2) is 18.2 Å². The Hall–Kier alpha value is -2.15. The van der Waals surface area contributed by atoms with Crippen molar-refractivity contribution in [1.82, 2.24) is 4.90 Å². The zero-order valence-electron chi connectivity index (χ0n) is 11.6. The van der Waals surface area contributed by atoms with Gasteiger partial charge in [0.1, 0.15) is 5.82 Å².